The van der Waals surface area contributed by atoms with Gasteiger partial charge in [-0.05, 0) is 55.5 Å². The molecule has 5 rings (SSSR count). The Balaban J connectivity index is 1.40. The number of rotatable bonds is 7. The lowest BCUT2D eigenvalue weighted by molar-refractivity contribution is 0.0448. The fraction of sp³-hybridized carbons (Fsp3) is 0.400. The highest BCUT2D eigenvalue weighted by molar-refractivity contribution is 5.95. The van der Waals surface area contributed by atoms with E-state index in [-0.39, 0.29) is 11.9 Å². The maximum Gasteiger partial charge on any atom is 0.249 e. The highest BCUT2D eigenvalue weighted by Gasteiger charge is 2.35. The Morgan fingerprint density at radius 1 is 1.19 bits per heavy atom. The quantitative estimate of drug-likeness (QED) is 0.577. The fourth-order valence-electron chi connectivity index (χ4n) is 5.07. The molecule has 1 aromatic heterocycles. The van der Waals surface area contributed by atoms with Gasteiger partial charge >= 0.3 is 0 Å². The lowest BCUT2D eigenvalue weighted by Gasteiger charge is -2.44. The Kier molecular flexibility index (Phi) is 5.59. The first kappa shape index (κ1) is 20.9. The molecule has 1 aliphatic heterocycles. The average molecular weight is 440 g/mol. The van der Waals surface area contributed by atoms with Crippen LogP contribution in [0.25, 0.3) is 10.9 Å². The summed E-state index contributed by atoms with van der Waals surface area (Å²) in [5, 5.41) is 0.910. The molecule has 0 saturated heterocycles. The summed E-state index contributed by atoms with van der Waals surface area (Å²) in [7, 11) is 0. The number of aromatic nitrogens is 1. The first-order valence-electron chi connectivity index (χ1n) is 11.2. The molecule has 5 nitrogen and oxygen atoms in total. The minimum atomic E-state index is -0.643. The van der Waals surface area contributed by atoms with Crippen molar-refractivity contribution >= 4 is 16.8 Å². The van der Waals surface area contributed by atoms with Gasteiger partial charge in [0, 0.05) is 52.4 Å². The molecule has 7 heteroatoms. The van der Waals surface area contributed by atoms with Gasteiger partial charge in [0.05, 0.1) is 0 Å². The highest BCUT2D eigenvalue weighted by atomic mass is 19.1. The third-order valence-electron chi connectivity index (χ3n) is 6.99. The molecule has 0 bridgehead atoms. The number of carbonyl (C=O) groups excluding carboxylic acids is 1. The number of ether oxygens (including phenoxy) is 1. The van der Waals surface area contributed by atoms with Crippen LogP contribution in [-0.2, 0) is 19.5 Å². The summed E-state index contributed by atoms with van der Waals surface area (Å²) in [5.41, 5.74) is 9.18. The van der Waals surface area contributed by atoms with Crippen molar-refractivity contribution in [1.29, 1.82) is 0 Å². The third kappa shape index (κ3) is 3.75. The smallest absolute Gasteiger partial charge is 0.249 e. The van der Waals surface area contributed by atoms with Crippen LogP contribution in [0.3, 0.4) is 0 Å². The van der Waals surface area contributed by atoms with Crippen LogP contribution in [0.4, 0.5) is 8.78 Å². The normalized spacial score (nSPS) is 18.4. The monoisotopic (exact) mass is 439 g/mol. The number of benzene rings is 2. The van der Waals surface area contributed by atoms with E-state index in [1.807, 2.05) is 6.20 Å². The van der Waals surface area contributed by atoms with Crippen LogP contribution in [0.1, 0.15) is 46.3 Å². The molecular formula is C25H27F2N3O2. The summed E-state index contributed by atoms with van der Waals surface area (Å²) in [5.74, 6) is -0.290. The molecule has 2 aliphatic rings. The molecule has 0 spiro atoms. The van der Waals surface area contributed by atoms with Crippen LogP contribution >= 0.6 is 0 Å². The number of hydrogen-bond donors (Lipinski definition) is 2. The van der Waals surface area contributed by atoms with E-state index in [0.29, 0.717) is 41.5 Å². The summed E-state index contributed by atoms with van der Waals surface area (Å²) in [6.07, 6.45) is 6.77. The summed E-state index contributed by atoms with van der Waals surface area (Å²) in [4.78, 5) is 17.7. The van der Waals surface area contributed by atoms with Gasteiger partial charge in [-0.25, -0.2) is 8.78 Å². The Morgan fingerprint density at radius 2 is 2.03 bits per heavy atom. The first-order valence-corrected chi connectivity index (χ1v) is 11.2. The number of halogens is 2. The molecule has 2 aromatic carbocycles. The second-order valence-electron chi connectivity index (χ2n) is 8.82. The minimum Gasteiger partial charge on any atom is -0.491 e. The average Bonchev–Trinajstić information content (AvgIpc) is 3.15. The zero-order chi connectivity index (χ0) is 22.2. The molecule has 168 valence electrons. The summed E-state index contributed by atoms with van der Waals surface area (Å²) >= 11 is 0. The maximum atomic E-state index is 13.8. The van der Waals surface area contributed by atoms with Gasteiger partial charge in [0.15, 0.2) is 0 Å². The van der Waals surface area contributed by atoms with Crippen molar-refractivity contribution in [2.75, 3.05) is 13.2 Å². The van der Waals surface area contributed by atoms with Crippen LogP contribution in [0.2, 0.25) is 0 Å². The first-order chi connectivity index (χ1) is 15.5. The van der Waals surface area contributed by atoms with Gasteiger partial charge in [-0.1, -0.05) is 12.5 Å². The van der Waals surface area contributed by atoms with Gasteiger partial charge in [0.2, 0.25) is 5.91 Å². The maximum absolute atomic E-state index is 13.8. The van der Waals surface area contributed by atoms with Crippen LogP contribution in [-0.4, -0.2) is 41.0 Å². The number of hydrogen-bond acceptors (Lipinski definition) is 3. The Labute approximate surface area is 185 Å². The van der Waals surface area contributed by atoms with Crippen LogP contribution in [0, 0.1) is 5.82 Å². The molecule has 1 unspecified atom stereocenters. The van der Waals surface area contributed by atoms with E-state index in [1.54, 1.807) is 24.3 Å². The molecule has 1 fully saturated rings. The predicted octanol–water partition coefficient (Wildman–Crippen LogP) is 4.28. The lowest BCUT2D eigenvalue weighted by atomic mass is 9.87. The van der Waals surface area contributed by atoms with Crippen molar-refractivity contribution in [3.8, 4) is 5.75 Å². The number of nitrogens with zero attached hydrogens (tertiary/aromatic N) is 1. The van der Waals surface area contributed by atoms with Crippen LogP contribution in [0.15, 0.2) is 36.5 Å². The number of amides is 1. The third-order valence-corrected chi connectivity index (χ3v) is 6.99. The van der Waals surface area contributed by atoms with E-state index in [9.17, 15) is 13.6 Å². The van der Waals surface area contributed by atoms with Gasteiger partial charge in [-0.2, -0.15) is 0 Å². The molecular weight excluding hydrogens is 412 g/mol. The predicted molar refractivity (Wildman–Crippen MR) is 119 cm³/mol. The number of nitrogens with two attached hydrogens (primary N) is 1. The molecule has 1 atom stereocenters. The Bertz CT molecular complexity index is 1160. The number of primary amides is 1. The number of aromatic amines is 1. The SMILES string of the molecule is NC(=O)c1ccc(CF)c2c1CC(N(CCc1c[nH]c3ccc(F)cc13)C1CCC1)CO2. The summed E-state index contributed by atoms with van der Waals surface area (Å²) < 4.78 is 33.3. The van der Waals surface area contributed by atoms with E-state index < -0.39 is 12.6 Å². The van der Waals surface area contributed by atoms with Crippen LogP contribution < -0.4 is 10.5 Å². The van der Waals surface area contributed by atoms with E-state index in [2.05, 4.69) is 9.88 Å². The van der Waals surface area contributed by atoms with Gasteiger partial charge < -0.3 is 15.5 Å². The second kappa shape index (κ2) is 8.54. The second-order valence-corrected chi connectivity index (χ2v) is 8.82. The van der Waals surface area contributed by atoms with Crippen molar-refractivity contribution < 1.29 is 18.3 Å². The number of nitrogens with one attached hydrogen (secondary N) is 1. The molecule has 1 aliphatic carbocycles. The minimum absolute atomic E-state index is 0.0719. The van der Waals surface area contributed by atoms with Crippen molar-refractivity contribution in [1.82, 2.24) is 9.88 Å². The molecule has 3 aromatic rings. The van der Waals surface area contributed by atoms with E-state index in [0.717, 1.165) is 42.3 Å². The molecule has 32 heavy (non-hydrogen) atoms. The van der Waals surface area contributed by atoms with Crippen LogP contribution in [0.5, 0.6) is 5.75 Å². The van der Waals surface area contributed by atoms with Gasteiger partial charge in [-0.3, -0.25) is 9.69 Å². The molecule has 2 heterocycles. The van der Waals surface area contributed by atoms with Crippen molar-refractivity contribution in [2.24, 2.45) is 5.73 Å². The number of fused-ring (bicyclic) bond motifs is 2. The topological polar surface area (TPSA) is 71.4 Å². The molecule has 1 saturated carbocycles. The molecule has 3 N–H and O–H groups in total. The highest BCUT2D eigenvalue weighted by Crippen LogP contribution is 2.36. The van der Waals surface area contributed by atoms with Gasteiger partial charge in [0.1, 0.15) is 24.8 Å². The fourth-order valence-corrected chi connectivity index (χ4v) is 5.07. The van der Waals surface area contributed by atoms with Crippen molar-refractivity contribution in [3.05, 3.63) is 64.6 Å². The van der Waals surface area contributed by atoms with Gasteiger partial charge in [-0.15, -0.1) is 0 Å². The number of alkyl halides is 1. The number of H-pyrrole nitrogens is 1. The standard InChI is InChI=1S/C25H27F2N3O2/c26-12-15-4-6-20(25(28)31)22-11-19(14-32-24(15)22)30(18-2-1-3-18)9-8-16-13-29-23-7-5-17(27)10-21(16)23/h4-7,10,13,18-19,29H,1-3,8-9,11-12,14H2,(H2,28,31). The summed E-state index contributed by atoms with van der Waals surface area (Å²) in [6.45, 7) is 0.600. The summed E-state index contributed by atoms with van der Waals surface area (Å²) in [6, 6.07) is 8.51. The van der Waals surface area contributed by atoms with Gasteiger partial charge in [0.25, 0.3) is 0 Å². The van der Waals surface area contributed by atoms with E-state index in [4.69, 9.17) is 10.5 Å². The van der Waals surface area contributed by atoms with Crippen molar-refractivity contribution in [2.45, 2.75) is 50.9 Å². The number of carbonyl (C=O) groups is 1. The Hall–Kier alpha value is -2.93. The zero-order valence-corrected chi connectivity index (χ0v) is 17.9. The lowest BCUT2D eigenvalue weighted by Crippen LogP contribution is -2.52. The Morgan fingerprint density at radius 3 is 2.75 bits per heavy atom. The van der Waals surface area contributed by atoms with Crippen molar-refractivity contribution in [3.63, 3.8) is 0 Å². The largest absolute Gasteiger partial charge is 0.491 e. The molecule has 1 amide bonds. The van der Waals surface area contributed by atoms with E-state index in [1.165, 1.54) is 12.5 Å². The molecule has 0 radical (unpaired) electrons. The zero-order valence-electron chi connectivity index (χ0n) is 17.9. The van der Waals surface area contributed by atoms with E-state index >= 15 is 0 Å².